The van der Waals surface area contributed by atoms with Crippen molar-refractivity contribution in [1.29, 1.82) is 0 Å². The van der Waals surface area contributed by atoms with E-state index in [0.717, 1.165) is 29.3 Å². The van der Waals surface area contributed by atoms with Crippen molar-refractivity contribution in [3.8, 4) is 0 Å². The molecule has 1 aliphatic rings. The minimum atomic E-state index is -4.48. The molecule has 3 rings (SSSR count). The van der Waals surface area contributed by atoms with Gasteiger partial charge in [0.2, 0.25) is 5.91 Å². The molecule has 0 aliphatic carbocycles. The zero-order chi connectivity index (χ0) is 20.6. The molecule has 3 heterocycles. The van der Waals surface area contributed by atoms with Crippen LogP contribution < -0.4 is 10.2 Å². The Balaban J connectivity index is 1.63. The third-order valence-corrected chi connectivity index (χ3v) is 5.35. The number of pyridine rings is 1. The van der Waals surface area contributed by atoms with E-state index in [1.807, 2.05) is 25.8 Å². The number of hydrogen-bond acceptors (Lipinski definition) is 4. The Morgan fingerprint density at radius 3 is 2.43 bits per heavy atom. The van der Waals surface area contributed by atoms with Crippen LogP contribution in [0.1, 0.15) is 29.8 Å². The predicted molar refractivity (Wildman–Crippen MR) is 100 cm³/mol. The molecule has 2 aromatic heterocycles. The van der Waals surface area contributed by atoms with E-state index < -0.39 is 11.7 Å². The van der Waals surface area contributed by atoms with Crippen LogP contribution in [0.5, 0.6) is 0 Å². The maximum Gasteiger partial charge on any atom is 0.417 e. The molecule has 0 spiro atoms. The van der Waals surface area contributed by atoms with E-state index in [2.05, 4.69) is 15.4 Å². The largest absolute Gasteiger partial charge is 0.417 e. The number of piperidine rings is 1. The number of rotatable bonds is 3. The molecule has 0 saturated carbocycles. The average Bonchev–Trinajstić information content (AvgIpc) is 2.87. The van der Waals surface area contributed by atoms with Gasteiger partial charge in [-0.3, -0.25) is 9.48 Å². The summed E-state index contributed by atoms with van der Waals surface area (Å²) in [6, 6.07) is 0.886. The normalized spacial score (nSPS) is 15.8. The number of anilines is 2. The lowest BCUT2D eigenvalue weighted by Gasteiger charge is -2.32. The van der Waals surface area contributed by atoms with Gasteiger partial charge in [0, 0.05) is 32.3 Å². The fourth-order valence-electron chi connectivity index (χ4n) is 3.35. The molecule has 1 amide bonds. The highest BCUT2D eigenvalue weighted by atomic mass is 35.5. The van der Waals surface area contributed by atoms with Crippen LogP contribution in [0, 0.1) is 19.8 Å². The number of hydrogen-bond donors (Lipinski definition) is 1. The second kappa shape index (κ2) is 7.62. The van der Waals surface area contributed by atoms with E-state index in [-0.39, 0.29) is 16.8 Å². The molecule has 28 heavy (non-hydrogen) atoms. The summed E-state index contributed by atoms with van der Waals surface area (Å²) in [4.78, 5) is 18.3. The molecule has 10 heteroatoms. The zero-order valence-electron chi connectivity index (χ0n) is 15.8. The van der Waals surface area contributed by atoms with Crippen molar-refractivity contribution in [1.82, 2.24) is 14.8 Å². The lowest BCUT2D eigenvalue weighted by Crippen LogP contribution is -2.38. The monoisotopic (exact) mass is 415 g/mol. The van der Waals surface area contributed by atoms with E-state index in [1.54, 1.807) is 4.68 Å². The Labute approximate surface area is 165 Å². The number of alkyl halides is 3. The first-order chi connectivity index (χ1) is 13.1. The van der Waals surface area contributed by atoms with Crippen molar-refractivity contribution in [3.63, 3.8) is 0 Å². The van der Waals surface area contributed by atoms with Gasteiger partial charge in [0.25, 0.3) is 0 Å². The molecule has 152 valence electrons. The van der Waals surface area contributed by atoms with Crippen LogP contribution in [-0.2, 0) is 18.0 Å². The first-order valence-corrected chi connectivity index (χ1v) is 9.24. The Morgan fingerprint density at radius 2 is 1.93 bits per heavy atom. The zero-order valence-corrected chi connectivity index (χ0v) is 16.5. The van der Waals surface area contributed by atoms with E-state index in [9.17, 15) is 18.0 Å². The molecule has 0 unspecified atom stereocenters. The van der Waals surface area contributed by atoms with Crippen molar-refractivity contribution < 1.29 is 18.0 Å². The third kappa shape index (κ3) is 4.09. The van der Waals surface area contributed by atoms with Crippen LogP contribution in [-0.4, -0.2) is 33.8 Å². The van der Waals surface area contributed by atoms with Crippen LogP contribution in [0.25, 0.3) is 0 Å². The summed E-state index contributed by atoms with van der Waals surface area (Å²) in [6.07, 6.45) is -2.58. The van der Waals surface area contributed by atoms with Crippen LogP contribution >= 0.6 is 11.6 Å². The molecule has 1 fully saturated rings. The summed E-state index contributed by atoms with van der Waals surface area (Å²) in [7, 11) is 1.82. The topological polar surface area (TPSA) is 63.1 Å². The lowest BCUT2D eigenvalue weighted by atomic mass is 9.95. The Bertz CT molecular complexity index is 888. The van der Waals surface area contributed by atoms with E-state index in [4.69, 9.17) is 11.6 Å². The average molecular weight is 416 g/mol. The molecular formula is C18H21ClF3N5O. The summed E-state index contributed by atoms with van der Waals surface area (Å²) >= 11 is 6.02. The maximum atomic E-state index is 12.8. The van der Waals surface area contributed by atoms with Crippen molar-refractivity contribution >= 4 is 29.0 Å². The van der Waals surface area contributed by atoms with Crippen LogP contribution in [0.3, 0.4) is 0 Å². The van der Waals surface area contributed by atoms with Gasteiger partial charge in [-0.2, -0.15) is 18.3 Å². The van der Waals surface area contributed by atoms with Gasteiger partial charge in [-0.05, 0) is 32.8 Å². The SMILES string of the molecule is Cc1nn(C)c(C)c1NC(=O)C1CCN(c2ncc(C(F)(F)F)cc2Cl)CC1. The first kappa shape index (κ1) is 20.4. The van der Waals surface area contributed by atoms with Crippen molar-refractivity contribution in [2.75, 3.05) is 23.3 Å². The minimum absolute atomic E-state index is 0.0423. The molecular weight excluding hydrogens is 395 g/mol. The molecule has 0 aromatic carbocycles. The fourth-order valence-corrected chi connectivity index (χ4v) is 3.64. The molecule has 0 bridgehead atoms. The smallest absolute Gasteiger partial charge is 0.355 e. The first-order valence-electron chi connectivity index (χ1n) is 8.86. The van der Waals surface area contributed by atoms with Gasteiger partial charge in [0.1, 0.15) is 5.82 Å². The second-order valence-corrected chi connectivity index (χ2v) is 7.35. The number of aryl methyl sites for hydroxylation is 2. The molecule has 1 aliphatic heterocycles. The van der Waals surface area contributed by atoms with Gasteiger partial charge in [0.15, 0.2) is 0 Å². The summed E-state index contributed by atoms with van der Waals surface area (Å²) in [5.74, 6) is 0.0429. The molecule has 0 atom stereocenters. The third-order valence-electron chi connectivity index (χ3n) is 5.07. The number of nitrogens with zero attached hydrogens (tertiary/aromatic N) is 4. The van der Waals surface area contributed by atoms with Crippen LogP contribution in [0.4, 0.5) is 24.7 Å². The Kier molecular flexibility index (Phi) is 5.56. The number of carbonyl (C=O) groups excluding carboxylic acids is 1. The highest BCUT2D eigenvalue weighted by Crippen LogP contribution is 2.34. The Morgan fingerprint density at radius 1 is 1.29 bits per heavy atom. The fraction of sp³-hybridized carbons (Fsp3) is 0.500. The van der Waals surface area contributed by atoms with Gasteiger partial charge in [-0.25, -0.2) is 4.98 Å². The number of aromatic nitrogens is 3. The van der Waals surface area contributed by atoms with Gasteiger partial charge < -0.3 is 10.2 Å². The number of carbonyl (C=O) groups is 1. The van der Waals surface area contributed by atoms with Crippen molar-refractivity contribution in [2.45, 2.75) is 32.9 Å². The van der Waals surface area contributed by atoms with Gasteiger partial charge in [0.05, 0.1) is 27.7 Å². The number of halogens is 4. The van der Waals surface area contributed by atoms with Crippen LogP contribution in [0.15, 0.2) is 12.3 Å². The van der Waals surface area contributed by atoms with Gasteiger partial charge >= 0.3 is 6.18 Å². The minimum Gasteiger partial charge on any atom is -0.355 e. The molecule has 1 N–H and O–H groups in total. The quantitative estimate of drug-likeness (QED) is 0.824. The number of nitrogens with one attached hydrogen (secondary N) is 1. The van der Waals surface area contributed by atoms with Gasteiger partial charge in [-0.15, -0.1) is 0 Å². The summed E-state index contributed by atoms with van der Waals surface area (Å²) in [6.45, 7) is 4.70. The highest BCUT2D eigenvalue weighted by molar-refractivity contribution is 6.33. The Hall–Kier alpha value is -2.29. The van der Waals surface area contributed by atoms with E-state index in [0.29, 0.717) is 31.7 Å². The highest BCUT2D eigenvalue weighted by Gasteiger charge is 2.33. The number of amides is 1. The maximum absolute atomic E-state index is 12.8. The summed E-state index contributed by atoms with van der Waals surface area (Å²) < 4.78 is 40.0. The van der Waals surface area contributed by atoms with E-state index >= 15 is 0 Å². The molecule has 2 aromatic rings. The molecule has 1 saturated heterocycles. The van der Waals surface area contributed by atoms with Crippen molar-refractivity contribution in [3.05, 3.63) is 34.2 Å². The lowest BCUT2D eigenvalue weighted by molar-refractivity contribution is -0.137. The summed E-state index contributed by atoms with van der Waals surface area (Å²) in [5, 5.41) is 7.19. The standard InChI is InChI=1S/C18H21ClF3N5O/c1-10-15(11(2)26(3)25-10)24-17(28)12-4-6-27(7-5-12)16-14(19)8-13(9-23-16)18(20,21)22/h8-9,12H,4-7H2,1-3H3,(H,24,28). The van der Waals surface area contributed by atoms with E-state index in [1.165, 1.54) is 0 Å². The van der Waals surface area contributed by atoms with Crippen LogP contribution in [0.2, 0.25) is 5.02 Å². The summed E-state index contributed by atoms with van der Waals surface area (Å²) in [5.41, 5.74) is 1.48. The van der Waals surface area contributed by atoms with Gasteiger partial charge in [-0.1, -0.05) is 11.6 Å². The second-order valence-electron chi connectivity index (χ2n) is 6.95. The molecule has 6 nitrogen and oxygen atoms in total. The van der Waals surface area contributed by atoms with Crippen molar-refractivity contribution in [2.24, 2.45) is 13.0 Å². The molecule has 0 radical (unpaired) electrons. The predicted octanol–water partition coefficient (Wildman–Crippen LogP) is 3.96.